The minimum Gasteiger partial charge on any atom is -0.404 e. The normalized spacial score (nSPS) is 23.5. The summed E-state index contributed by atoms with van der Waals surface area (Å²) in [6.07, 6.45) is 4.82. The molecular weight excluding hydrogens is 280 g/mol. The van der Waals surface area contributed by atoms with Crippen molar-refractivity contribution >= 4 is 23.0 Å². The minimum absolute atomic E-state index is 0.394. The number of hydrogen-bond donors (Lipinski definition) is 1. The van der Waals surface area contributed by atoms with Gasteiger partial charge in [-0.05, 0) is 25.3 Å². The van der Waals surface area contributed by atoms with E-state index >= 15 is 0 Å². The van der Waals surface area contributed by atoms with Gasteiger partial charge in [-0.15, -0.1) is 0 Å². The van der Waals surface area contributed by atoms with Gasteiger partial charge in [-0.2, -0.15) is 11.8 Å². The molecule has 1 aliphatic rings. The molecule has 114 valence electrons. The number of allylic oxidation sites excluding steroid dienone is 1. The third-order valence-corrected chi connectivity index (χ3v) is 4.78. The van der Waals surface area contributed by atoms with Crippen LogP contribution in [-0.4, -0.2) is 36.5 Å². The molecule has 0 amide bonds. The van der Waals surface area contributed by atoms with Crippen LogP contribution in [0.2, 0.25) is 0 Å². The van der Waals surface area contributed by atoms with Gasteiger partial charge in [0.2, 0.25) is 0 Å². The highest BCUT2D eigenvalue weighted by Gasteiger charge is 2.21. The third-order valence-electron chi connectivity index (χ3n) is 3.69. The van der Waals surface area contributed by atoms with E-state index in [1.807, 2.05) is 37.0 Å². The predicted octanol–water partition coefficient (Wildman–Crippen LogP) is 3.36. The summed E-state index contributed by atoms with van der Waals surface area (Å²) in [7, 11) is 1.83. The van der Waals surface area contributed by atoms with E-state index in [0.717, 1.165) is 28.4 Å². The van der Waals surface area contributed by atoms with Crippen molar-refractivity contribution in [3.8, 4) is 0 Å². The van der Waals surface area contributed by atoms with Gasteiger partial charge in [-0.1, -0.05) is 30.3 Å². The fourth-order valence-electron chi connectivity index (χ4n) is 2.53. The Morgan fingerprint density at radius 1 is 1.38 bits per heavy atom. The molecule has 1 heterocycles. The van der Waals surface area contributed by atoms with Crippen LogP contribution in [0.4, 0.5) is 0 Å². The Morgan fingerprint density at radius 3 is 2.71 bits per heavy atom. The Morgan fingerprint density at radius 2 is 2.14 bits per heavy atom. The monoisotopic (exact) mass is 304 g/mol. The standard InChI is InChI=1S/C17H24N2OS/c1-13-8-9-15(20-13)11-21-12-17(19-2)16(10-18)14-6-4-3-5-7-14/h3-7,10,13,15H,8-9,11-12,18H2,1-2H3/b16-10-,19-17?. The quantitative estimate of drug-likeness (QED) is 0.820. The highest BCUT2D eigenvalue weighted by molar-refractivity contribution is 8.00. The highest BCUT2D eigenvalue weighted by atomic mass is 32.2. The second-order valence-corrected chi connectivity index (χ2v) is 6.31. The van der Waals surface area contributed by atoms with E-state index in [4.69, 9.17) is 10.5 Å². The molecular formula is C17H24N2OS. The van der Waals surface area contributed by atoms with Crippen molar-refractivity contribution in [2.45, 2.75) is 32.0 Å². The minimum atomic E-state index is 0.394. The zero-order valence-corrected chi connectivity index (χ0v) is 13.6. The first kappa shape index (κ1) is 16.1. The lowest BCUT2D eigenvalue weighted by atomic mass is 10.0. The Kier molecular flexibility index (Phi) is 6.33. The Balaban J connectivity index is 1.90. The molecule has 1 aromatic rings. The van der Waals surface area contributed by atoms with Gasteiger partial charge >= 0.3 is 0 Å². The van der Waals surface area contributed by atoms with E-state index in [-0.39, 0.29) is 0 Å². The molecule has 1 fully saturated rings. The van der Waals surface area contributed by atoms with E-state index in [1.165, 1.54) is 12.8 Å². The molecule has 0 saturated carbocycles. The van der Waals surface area contributed by atoms with Gasteiger partial charge in [-0.25, -0.2) is 0 Å². The first-order valence-electron chi connectivity index (χ1n) is 7.41. The summed E-state index contributed by atoms with van der Waals surface area (Å²) in [6, 6.07) is 10.2. The van der Waals surface area contributed by atoms with Crippen molar-refractivity contribution in [2.75, 3.05) is 18.6 Å². The Hall–Kier alpha value is -1.26. The van der Waals surface area contributed by atoms with Crippen LogP contribution in [0.5, 0.6) is 0 Å². The smallest absolute Gasteiger partial charge is 0.0670 e. The van der Waals surface area contributed by atoms with Gasteiger partial charge in [0.25, 0.3) is 0 Å². The number of rotatable bonds is 6. The summed E-state index contributed by atoms with van der Waals surface area (Å²) < 4.78 is 5.85. The van der Waals surface area contributed by atoms with E-state index in [9.17, 15) is 0 Å². The maximum Gasteiger partial charge on any atom is 0.0670 e. The number of aliphatic imine (C=N–C) groups is 1. The molecule has 0 radical (unpaired) electrons. The number of nitrogens with zero attached hydrogens (tertiary/aromatic N) is 1. The van der Waals surface area contributed by atoms with Crippen LogP contribution in [0.15, 0.2) is 41.5 Å². The van der Waals surface area contributed by atoms with Crippen molar-refractivity contribution in [3.63, 3.8) is 0 Å². The summed E-state index contributed by atoms with van der Waals surface area (Å²) in [5.41, 5.74) is 9.00. The average molecular weight is 304 g/mol. The van der Waals surface area contributed by atoms with Gasteiger partial charge in [0.1, 0.15) is 0 Å². The summed E-state index contributed by atoms with van der Waals surface area (Å²) in [4.78, 5) is 4.42. The number of hydrogen-bond acceptors (Lipinski definition) is 4. The fourth-order valence-corrected chi connectivity index (χ4v) is 3.64. The lowest BCUT2D eigenvalue weighted by Gasteiger charge is -2.13. The predicted molar refractivity (Wildman–Crippen MR) is 92.9 cm³/mol. The van der Waals surface area contributed by atoms with Crippen LogP contribution in [-0.2, 0) is 4.74 Å². The molecule has 1 saturated heterocycles. The first-order chi connectivity index (χ1) is 10.2. The number of thioether (sulfide) groups is 1. The van der Waals surface area contributed by atoms with Crippen molar-refractivity contribution in [1.82, 2.24) is 0 Å². The topological polar surface area (TPSA) is 47.6 Å². The highest BCUT2D eigenvalue weighted by Crippen LogP contribution is 2.24. The summed E-state index contributed by atoms with van der Waals surface area (Å²) in [5.74, 6) is 1.89. The van der Waals surface area contributed by atoms with Gasteiger partial charge in [0.15, 0.2) is 0 Å². The van der Waals surface area contributed by atoms with E-state index in [2.05, 4.69) is 24.0 Å². The van der Waals surface area contributed by atoms with E-state index in [0.29, 0.717) is 12.2 Å². The molecule has 3 nitrogen and oxygen atoms in total. The molecule has 0 spiro atoms. The largest absolute Gasteiger partial charge is 0.404 e. The molecule has 0 aromatic heterocycles. The van der Waals surface area contributed by atoms with Gasteiger partial charge in [0.05, 0.1) is 17.9 Å². The van der Waals surface area contributed by atoms with Crippen molar-refractivity contribution in [1.29, 1.82) is 0 Å². The molecule has 2 rings (SSSR count). The summed E-state index contributed by atoms with van der Waals surface area (Å²) in [5, 5.41) is 0. The number of benzene rings is 1. The van der Waals surface area contributed by atoms with Crippen LogP contribution in [0.25, 0.3) is 5.57 Å². The second kappa shape index (κ2) is 8.25. The maximum absolute atomic E-state index is 5.85. The Labute approximate surface area is 131 Å². The van der Waals surface area contributed by atoms with Crippen LogP contribution in [0.1, 0.15) is 25.3 Å². The molecule has 0 bridgehead atoms. The van der Waals surface area contributed by atoms with E-state index < -0.39 is 0 Å². The zero-order chi connectivity index (χ0) is 15.1. The second-order valence-electron chi connectivity index (χ2n) is 5.28. The van der Waals surface area contributed by atoms with Crippen LogP contribution < -0.4 is 5.73 Å². The third kappa shape index (κ3) is 4.61. The molecule has 4 heteroatoms. The molecule has 2 atom stereocenters. The first-order valence-corrected chi connectivity index (χ1v) is 8.56. The van der Waals surface area contributed by atoms with Crippen molar-refractivity contribution < 1.29 is 4.74 Å². The molecule has 1 aromatic carbocycles. The molecule has 2 unspecified atom stereocenters. The summed E-state index contributed by atoms with van der Waals surface area (Å²) in [6.45, 7) is 2.15. The molecule has 2 N–H and O–H groups in total. The number of ether oxygens (including phenoxy) is 1. The maximum atomic E-state index is 5.85. The zero-order valence-electron chi connectivity index (χ0n) is 12.8. The molecule has 1 aliphatic heterocycles. The van der Waals surface area contributed by atoms with Crippen molar-refractivity contribution in [3.05, 3.63) is 42.1 Å². The molecule has 0 aliphatic carbocycles. The van der Waals surface area contributed by atoms with Gasteiger partial charge < -0.3 is 10.5 Å². The van der Waals surface area contributed by atoms with Crippen LogP contribution >= 0.6 is 11.8 Å². The lowest BCUT2D eigenvalue weighted by molar-refractivity contribution is 0.0700. The van der Waals surface area contributed by atoms with Crippen molar-refractivity contribution in [2.24, 2.45) is 10.7 Å². The fraction of sp³-hybridized carbons (Fsp3) is 0.471. The molecule has 21 heavy (non-hydrogen) atoms. The van der Waals surface area contributed by atoms with Gasteiger partial charge in [-0.3, -0.25) is 4.99 Å². The van der Waals surface area contributed by atoms with E-state index in [1.54, 1.807) is 6.20 Å². The van der Waals surface area contributed by atoms with Crippen LogP contribution in [0.3, 0.4) is 0 Å². The number of nitrogens with two attached hydrogens (primary N) is 1. The Bertz CT molecular complexity index is 499. The lowest BCUT2D eigenvalue weighted by Crippen LogP contribution is -2.14. The van der Waals surface area contributed by atoms with Crippen LogP contribution in [0, 0.1) is 0 Å². The SMILES string of the molecule is CN=C(CSCC1CCC(C)O1)/C(=C\N)c1ccccc1. The summed E-state index contributed by atoms with van der Waals surface area (Å²) >= 11 is 1.87. The average Bonchev–Trinajstić information content (AvgIpc) is 2.93. The van der Waals surface area contributed by atoms with Gasteiger partial charge in [0, 0.05) is 30.3 Å².